The van der Waals surface area contributed by atoms with E-state index >= 15 is 0 Å². The first-order valence-electron chi connectivity index (χ1n) is 5.40. The molecule has 0 aliphatic carbocycles. The number of hydrogen-bond donors (Lipinski definition) is 0. The molecule has 0 bridgehead atoms. The molecule has 1 aliphatic heterocycles. The minimum atomic E-state index is 0.496. The molecule has 0 atom stereocenters. The van der Waals surface area contributed by atoms with Crippen LogP contribution in [0.1, 0.15) is 32.6 Å². The fourth-order valence-corrected chi connectivity index (χ4v) is 2.40. The van der Waals surface area contributed by atoms with Gasteiger partial charge in [0, 0.05) is 7.11 Å². The quantitative estimate of drug-likeness (QED) is 0.665. The first kappa shape index (κ1) is 11.0. The summed E-state index contributed by atoms with van der Waals surface area (Å²) in [5.74, 6) is 0. The van der Waals surface area contributed by atoms with E-state index in [4.69, 9.17) is 4.74 Å². The van der Waals surface area contributed by atoms with Crippen LogP contribution >= 0.6 is 0 Å². The maximum absolute atomic E-state index is 5.35. The van der Waals surface area contributed by atoms with E-state index in [1.165, 1.54) is 38.8 Å². The Morgan fingerprint density at radius 3 is 2.38 bits per heavy atom. The van der Waals surface area contributed by atoms with Gasteiger partial charge in [-0.15, -0.1) is 0 Å². The van der Waals surface area contributed by atoms with Crippen LogP contribution in [0.3, 0.4) is 0 Å². The molecule has 0 saturated carbocycles. The monoisotopic (exact) mass is 185 g/mol. The Bertz CT molecular complexity index is 131. The molecule has 1 fully saturated rings. The van der Waals surface area contributed by atoms with Crippen LogP contribution in [0.15, 0.2) is 0 Å². The first-order valence-corrected chi connectivity index (χ1v) is 5.40. The third-order valence-electron chi connectivity index (χ3n) is 3.28. The van der Waals surface area contributed by atoms with Crippen LogP contribution < -0.4 is 0 Å². The first-order chi connectivity index (χ1) is 6.22. The van der Waals surface area contributed by atoms with Gasteiger partial charge in [0.1, 0.15) is 0 Å². The zero-order chi connectivity index (χ0) is 9.73. The van der Waals surface area contributed by atoms with Crippen molar-refractivity contribution < 1.29 is 4.74 Å². The average molecular weight is 185 g/mol. The predicted molar refractivity (Wildman–Crippen MR) is 55.9 cm³/mol. The summed E-state index contributed by atoms with van der Waals surface area (Å²) >= 11 is 0. The Morgan fingerprint density at radius 1 is 1.31 bits per heavy atom. The van der Waals surface area contributed by atoms with Crippen molar-refractivity contribution in [2.24, 2.45) is 5.41 Å². The van der Waals surface area contributed by atoms with Crippen LogP contribution in [0.5, 0.6) is 0 Å². The number of rotatable bonds is 4. The number of likely N-dealkylation sites (tertiary alicyclic amines) is 1. The van der Waals surface area contributed by atoms with E-state index in [1.54, 1.807) is 0 Å². The van der Waals surface area contributed by atoms with Crippen LogP contribution in [0.25, 0.3) is 0 Å². The van der Waals surface area contributed by atoms with Gasteiger partial charge in [-0.3, -0.25) is 0 Å². The van der Waals surface area contributed by atoms with E-state index < -0.39 is 0 Å². The van der Waals surface area contributed by atoms with E-state index in [2.05, 4.69) is 18.9 Å². The van der Waals surface area contributed by atoms with E-state index in [0.717, 1.165) is 6.61 Å². The number of piperidine rings is 1. The highest BCUT2D eigenvalue weighted by molar-refractivity contribution is 4.84. The molecule has 13 heavy (non-hydrogen) atoms. The lowest BCUT2D eigenvalue weighted by molar-refractivity contribution is 0.0212. The molecule has 0 aromatic heterocycles. The van der Waals surface area contributed by atoms with Gasteiger partial charge in [0.15, 0.2) is 0 Å². The minimum Gasteiger partial charge on any atom is -0.384 e. The maximum Gasteiger partial charge on any atom is 0.0519 e. The van der Waals surface area contributed by atoms with Gasteiger partial charge in [0.05, 0.1) is 6.61 Å². The molecule has 1 rings (SSSR count). The fourth-order valence-electron chi connectivity index (χ4n) is 2.40. The molecular weight excluding hydrogens is 162 g/mol. The molecule has 78 valence electrons. The van der Waals surface area contributed by atoms with Crippen molar-refractivity contribution in [3.8, 4) is 0 Å². The van der Waals surface area contributed by atoms with Crippen molar-refractivity contribution in [2.45, 2.75) is 32.6 Å². The predicted octanol–water partition coefficient (Wildman–Crippen LogP) is 2.14. The van der Waals surface area contributed by atoms with Crippen LogP contribution in [0.2, 0.25) is 0 Å². The third-order valence-corrected chi connectivity index (χ3v) is 3.28. The molecule has 0 aromatic rings. The molecule has 0 amide bonds. The lowest BCUT2D eigenvalue weighted by atomic mass is 9.76. The Kier molecular flexibility index (Phi) is 4.20. The lowest BCUT2D eigenvalue weighted by Gasteiger charge is -2.40. The molecule has 2 nitrogen and oxygen atoms in total. The lowest BCUT2D eigenvalue weighted by Crippen LogP contribution is -2.40. The summed E-state index contributed by atoms with van der Waals surface area (Å²) in [6.45, 7) is 5.71. The molecule has 0 spiro atoms. The zero-order valence-electron chi connectivity index (χ0n) is 9.31. The van der Waals surface area contributed by atoms with Crippen LogP contribution in [0.4, 0.5) is 0 Å². The maximum atomic E-state index is 5.35. The van der Waals surface area contributed by atoms with Crippen molar-refractivity contribution in [2.75, 3.05) is 33.9 Å². The molecule has 1 heterocycles. The summed E-state index contributed by atoms with van der Waals surface area (Å²) in [6.07, 6.45) is 5.23. The van der Waals surface area contributed by atoms with E-state index in [0.29, 0.717) is 5.41 Å². The Balaban J connectivity index is 2.47. The smallest absolute Gasteiger partial charge is 0.0519 e. The third kappa shape index (κ3) is 2.96. The summed E-state index contributed by atoms with van der Waals surface area (Å²) in [5, 5.41) is 0. The summed E-state index contributed by atoms with van der Waals surface area (Å²) < 4.78 is 5.35. The number of methoxy groups -OCH3 is 1. The number of nitrogens with zero attached hydrogens (tertiary/aromatic N) is 1. The Hall–Kier alpha value is -0.0800. The summed E-state index contributed by atoms with van der Waals surface area (Å²) in [5.41, 5.74) is 0.496. The SMILES string of the molecule is CCCC1(COC)CCN(C)CC1. The molecule has 1 saturated heterocycles. The van der Waals surface area contributed by atoms with Gasteiger partial charge in [0.25, 0.3) is 0 Å². The van der Waals surface area contributed by atoms with Gasteiger partial charge < -0.3 is 9.64 Å². The molecule has 0 aromatic carbocycles. The largest absolute Gasteiger partial charge is 0.384 e. The average Bonchev–Trinajstić information content (AvgIpc) is 2.11. The Morgan fingerprint density at radius 2 is 1.92 bits per heavy atom. The number of ether oxygens (including phenoxy) is 1. The topological polar surface area (TPSA) is 12.5 Å². The van der Waals surface area contributed by atoms with Gasteiger partial charge in [-0.1, -0.05) is 13.3 Å². The zero-order valence-corrected chi connectivity index (χ0v) is 9.31. The molecule has 0 radical (unpaired) electrons. The molecular formula is C11H23NO. The highest BCUT2D eigenvalue weighted by atomic mass is 16.5. The standard InChI is InChI=1S/C11H23NO/c1-4-5-11(10-13-3)6-8-12(2)9-7-11/h4-10H2,1-3H3. The number of hydrogen-bond acceptors (Lipinski definition) is 2. The van der Waals surface area contributed by atoms with Gasteiger partial charge in [-0.2, -0.15) is 0 Å². The van der Waals surface area contributed by atoms with Gasteiger partial charge in [0.2, 0.25) is 0 Å². The van der Waals surface area contributed by atoms with Crippen molar-refractivity contribution in [1.82, 2.24) is 4.90 Å². The van der Waals surface area contributed by atoms with Crippen LogP contribution in [0, 0.1) is 5.41 Å². The fraction of sp³-hybridized carbons (Fsp3) is 1.00. The molecule has 0 unspecified atom stereocenters. The minimum absolute atomic E-state index is 0.496. The van der Waals surface area contributed by atoms with E-state index in [-0.39, 0.29) is 0 Å². The highest BCUT2D eigenvalue weighted by Gasteiger charge is 2.32. The second-order valence-corrected chi connectivity index (χ2v) is 4.49. The summed E-state index contributed by atoms with van der Waals surface area (Å²) in [4.78, 5) is 2.42. The molecule has 0 N–H and O–H groups in total. The van der Waals surface area contributed by atoms with Crippen molar-refractivity contribution in [3.05, 3.63) is 0 Å². The van der Waals surface area contributed by atoms with E-state index in [9.17, 15) is 0 Å². The van der Waals surface area contributed by atoms with E-state index in [1.807, 2.05) is 7.11 Å². The second-order valence-electron chi connectivity index (χ2n) is 4.49. The highest BCUT2D eigenvalue weighted by Crippen LogP contribution is 2.35. The van der Waals surface area contributed by atoms with Crippen molar-refractivity contribution in [3.63, 3.8) is 0 Å². The second kappa shape index (κ2) is 4.97. The Labute approximate surface area is 82.3 Å². The normalized spacial score (nSPS) is 23.3. The molecule has 1 aliphatic rings. The molecule has 2 heteroatoms. The van der Waals surface area contributed by atoms with Gasteiger partial charge in [-0.25, -0.2) is 0 Å². The summed E-state index contributed by atoms with van der Waals surface area (Å²) in [7, 11) is 4.04. The van der Waals surface area contributed by atoms with Crippen LogP contribution in [-0.4, -0.2) is 38.8 Å². The van der Waals surface area contributed by atoms with Gasteiger partial charge in [-0.05, 0) is 44.8 Å². The van der Waals surface area contributed by atoms with Gasteiger partial charge >= 0.3 is 0 Å². The van der Waals surface area contributed by atoms with Crippen LogP contribution in [-0.2, 0) is 4.74 Å². The van der Waals surface area contributed by atoms with Crippen molar-refractivity contribution >= 4 is 0 Å². The van der Waals surface area contributed by atoms with Crippen molar-refractivity contribution in [1.29, 1.82) is 0 Å². The summed E-state index contributed by atoms with van der Waals surface area (Å²) in [6, 6.07) is 0.